The van der Waals surface area contributed by atoms with Gasteiger partial charge in [0.1, 0.15) is 11.8 Å². The first-order valence-electron chi connectivity index (χ1n) is 4.42. The predicted molar refractivity (Wildman–Crippen MR) is 60.2 cm³/mol. The zero-order valence-electron chi connectivity index (χ0n) is 8.29. The molecule has 0 aliphatic heterocycles. The van der Waals surface area contributed by atoms with Gasteiger partial charge in [-0.05, 0) is 0 Å². The molecule has 0 saturated heterocycles. The Balaban J connectivity index is 2.41. The highest BCUT2D eigenvalue weighted by Gasteiger charge is 2.09. The van der Waals surface area contributed by atoms with Crippen LogP contribution in [0.2, 0.25) is 0 Å². The Morgan fingerprint density at radius 2 is 2.33 bits per heavy atom. The number of ether oxygens (including phenoxy) is 1. The summed E-state index contributed by atoms with van der Waals surface area (Å²) in [6.07, 6.45) is 3.12. The second kappa shape index (κ2) is 4.08. The van der Waals surface area contributed by atoms with Crippen molar-refractivity contribution in [3.63, 3.8) is 0 Å². The number of hydrogen-bond donors (Lipinski definition) is 1. The van der Waals surface area contributed by atoms with E-state index in [2.05, 4.69) is 24.2 Å². The van der Waals surface area contributed by atoms with E-state index >= 15 is 0 Å². The molecule has 2 unspecified atom stereocenters. The zero-order chi connectivity index (χ0) is 10.8. The topological polar surface area (TPSA) is 78.9 Å². The normalized spacial score (nSPS) is 13.2. The molecule has 2 N–H and O–H groups in total. The lowest BCUT2D eigenvalue weighted by molar-refractivity contribution is 0.158. The van der Waals surface area contributed by atoms with Crippen molar-refractivity contribution in [2.75, 3.05) is 12.8 Å². The molecule has 0 fully saturated rings. The van der Waals surface area contributed by atoms with E-state index < -0.39 is 0 Å². The third-order valence-electron chi connectivity index (χ3n) is 2.11. The molecule has 80 valence electrons. The predicted octanol–water partition coefficient (Wildman–Crippen LogP) is 0.256. The van der Waals surface area contributed by atoms with Crippen molar-refractivity contribution >= 4 is 26.2 Å². The van der Waals surface area contributed by atoms with Crippen LogP contribution in [0, 0.1) is 0 Å². The summed E-state index contributed by atoms with van der Waals surface area (Å²) in [7, 11) is 4.25. The minimum atomic E-state index is 0.0265. The Morgan fingerprint density at radius 1 is 1.53 bits per heavy atom. The van der Waals surface area contributed by atoms with E-state index in [-0.39, 0.29) is 5.85 Å². The summed E-state index contributed by atoms with van der Waals surface area (Å²) in [5, 5.41) is 0. The maximum Gasteiger partial charge on any atom is 0.165 e. The minimum absolute atomic E-state index is 0.0265. The fourth-order valence-corrected chi connectivity index (χ4v) is 1.53. The van der Waals surface area contributed by atoms with Gasteiger partial charge >= 0.3 is 0 Å². The molecule has 0 aromatic carbocycles. The monoisotopic (exact) mass is 225 g/mol. The first-order chi connectivity index (χ1) is 7.22. The van der Waals surface area contributed by atoms with Crippen LogP contribution in [0.4, 0.5) is 5.82 Å². The molecule has 0 aliphatic rings. The molecule has 2 rings (SSSR count). The van der Waals surface area contributed by atoms with Gasteiger partial charge in [-0.3, -0.25) is 0 Å². The van der Waals surface area contributed by atoms with Gasteiger partial charge in [-0.1, -0.05) is 0 Å². The number of anilines is 1. The van der Waals surface area contributed by atoms with Gasteiger partial charge in [0, 0.05) is 7.11 Å². The van der Waals surface area contributed by atoms with Crippen LogP contribution >= 0.6 is 9.24 Å². The number of methoxy groups -OCH3 is 1. The fourth-order valence-electron chi connectivity index (χ4n) is 1.30. The van der Waals surface area contributed by atoms with Crippen LogP contribution in [0.25, 0.3) is 11.2 Å². The highest BCUT2D eigenvalue weighted by molar-refractivity contribution is 7.17. The molecular weight excluding hydrogens is 213 g/mol. The summed E-state index contributed by atoms with van der Waals surface area (Å²) in [5.74, 6) is 0.426. The fraction of sp³-hybridized carbons (Fsp3) is 0.375. The Labute approximate surface area is 89.1 Å². The van der Waals surface area contributed by atoms with Crippen LogP contribution in [0.1, 0.15) is 0 Å². The lowest BCUT2D eigenvalue weighted by Gasteiger charge is -2.09. The van der Waals surface area contributed by atoms with Crippen molar-refractivity contribution in [3.8, 4) is 0 Å². The zero-order valence-corrected chi connectivity index (χ0v) is 9.45. The lowest BCUT2D eigenvalue weighted by Crippen LogP contribution is -2.11. The van der Waals surface area contributed by atoms with E-state index in [1.165, 1.54) is 6.33 Å². The van der Waals surface area contributed by atoms with Crippen molar-refractivity contribution in [2.24, 2.45) is 0 Å². The lowest BCUT2D eigenvalue weighted by atomic mass is 10.5. The van der Waals surface area contributed by atoms with E-state index in [9.17, 15) is 0 Å². The summed E-state index contributed by atoms with van der Waals surface area (Å²) >= 11 is 0. The number of nitrogens with zero attached hydrogens (tertiary/aromatic N) is 4. The van der Waals surface area contributed by atoms with Crippen molar-refractivity contribution in [1.29, 1.82) is 0 Å². The molecule has 0 radical (unpaired) electrons. The van der Waals surface area contributed by atoms with Gasteiger partial charge < -0.3 is 15.0 Å². The number of rotatable bonds is 3. The molecule has 15 heavy (non-hydrogen) atoms. The smallest absolute Gasteiger partial charge is 0.165 e. The van der Waals surface area contributed by atoms with Gasteiger partial charge in [0.25, 0.3) is 0 Å². The number of imidazole rings is 1. The van der Waals surface area contributed by atoms with Gasteiger partial charge in [-0.2, -0.15) is 0 Å². The third kappa shape index (κ3) is 1.91. The van der Waals surface area contributed by atoms with Crippen LogP contribution in [0.5, 0.6) is 0 Å². The molecule has 0 saturated carbocycles. The highest BCUT2D eigenvalue weighted by atomic mass is 31.0. The van der Waals surface area contributed by atoms with E-state index in [1.54, 1.807) is 13.4 Å². The van der Waals surface area contributed by atoms with Crippen LogP contribution in [-0.4, -0.2) is 32.5 Å². The molecule has 0 spiro atoms. The third-order valence-corrected chi connectivity index (χ3v) is 2.59. The van der Waals surface area contributed by atoms with Gasteiger partial charge in [0.15, 0.2) is 11.5 Å². The standard InChI is InChI=1S/C8H12N5OP/c1-14-5(15)2-13-4-12-6-7(9)10-3-11-8(6)13/h3-5H,2,15H2,1H3,(H2,9,10,11). The second-order valence-corrected chi connectivity index (χ2v) is 3.85. The molecule has 7 heteroatoms. The van der Waals surface area contributed by atoms with Crippen molar-refractivity contribution in [3.05, 3.63) is 12.7 Å². The van der Waals surface area contributed by atoms with E-state index in [0.29, 0.717) is 17.9 Å². The molecule has 2 aromatic rings. The SMILES string of the molecule is COC(P)Cn1cnc2c(N)ncnc21. The molecule has 0 bridgehead atoms. The number of nitrogen functional groups attached to an aromatic ring is 1. The second-order valence-electron chi connectivity index (χ2n) is 3.10. The Morgan fingerprint density at radius 3 is 3.07 bits per heavy atom. The maximum absolute atomic E-state index is 5.67. The number of fused-ring (bicyclic) bond motifs is 1. The molecule has 6 nitrogen and oxygen atoms in total. The van der Waals surface area contributed by atoms with Crippen molar-refractivity contribution in [2.45, 2.75) is 12.4 Å². The first-order valence-corrected chi connectivity index (χ1v) is 5.08. The molecule has 0 aliphatic carbocycles. The summed E-state index contributed by atoms with van der Waals surface area (Å²) in [6.45, 7) is 0.661. The van der Waals surface area contributed by atoms with Gasteiger partial charge in [0.2, 0.25) is 0 Å². The van der Waals surface area contributed by atoms with Gasteiger partial charge in [0.05, 0.1) is 18.7 Å². The van der Waals surface area contributed by atoms with Crippen LogP contribution in [0.3, 0.4) is 0 Å². The summed E-state index contributed by atoms with van der Waals surface area (Å²) in [5.41, 5.74) is 7.03. The summed E-state index contributed by atoms with van der Waals surface area (Å²) in [4.78, 5) is 12.2. The summed E-state index contributed by atoms with van der Waals surface area (Å²) < 4.78 is 7.03. The largest absolute Gasteiger partial charge is 0.382 e. The number of nitrogens with two attached hydrogens (primary N) is 1. The average Bonchev–Trinajstić information content (AvgIpc) is 2.63. The van der Waals surface area contributed by atoms with Gasteiger partial charge in [-0.25, -0.2) is 15.0 Å². The Bertz CT molecular complexity index is 471. The first kappa shape index (κ1) is 10.3. The van der Waals surface area contributed by atoms with Gasteiger partial charge in [-0.15, -0.1) is 9.24 Å². The Hall–Kier alpha value is -1.26. The minimum Gasteiger partial charge on any atom is -0.382 e. The van der Waals surface area contributed by atoms with E-state index in [4.69, 9.17) is 10.5 Å². The van der Waals surface area contributed by atoms with Crippen molar-refractivity contribution in [1.82, 2.24) is 19.5 Å². The maximum atomic E-state index is 5.67. The Kier molecular flexibility index (Phi) is 2.79. The molecule has 2 atom stereocenters. The number of aromatic nitrogens is 4. The molecule has 2 heterocycles. The van der Waals surface area contributed by atoms with E-state index in [1.807, 2.05) is 4.57 Å². The van der Waals surface area contributed by atoms with Crippen LogP contribution < -0.4 is 5.73 Å². The highest BCUT2D eigenvalue weighted by Crippen LogP contribution is 2.15. The van der Waals surface area contributed by atoms with E-state index in [0.717, 1.165) is 5.65 Å². The summed E-state index contributed by atoms with van der Waals surface area (Å²) in [6, 6.07) is 0. The molecular formula is C8H12N5OP. The quantitative estimate of drug-likeness (QED) is 0.758. The molecule has 2 aromatic heterocycles. The number of hydrogen-bond acceptors (Lipinski definition) is 5. The van der Waals surface area contributed by atoms with Crippen molar-refractivity contribution < 1.29 is 4.74 Å². The van der Waals surface area contributed by atoms with Crippen LogP contribution in [0.15, 0.2) is 12.7 Å². The molecule has 0 amide bonds. The van der Waals surface area contributed by atoms with Crippen LogP contribution in [-0.2, 0) is 11.3 Å². The average molecular weight is 225 g/mol.